The second-order valence-corrected chi connectivity index (χ2v) is 4.74. The third kappa shape index (κ3) is 2.58. The average Bonchev–Trinajstić information content (AvgIpc) is 2.85. The number of halogens is 3. The van der Waals surface area contributed by atoms with E-state index in [9.17, 15) is 23.1 Å². The molecule has 110 valence electrons. The van der Waals surface area contributed by atoms with Crippen LogP contribution >= 0.6 is 0 Å². The second kappa shape index (κ2) is 5.32. The Morgan fingerprint density at radius 2 is 2.15 bits per heavy atom. The van der Waals surface area contributed by atoms with Gasteiger partial charge in [-0.3, -0.25) is 4.79 Å². The van der Waals surface area contributed by atoms with E-state index >= 15 is 0 Å². The van der Waals surface area contributed by atoms with Gasteiger partial charge in [-0.25, -0.2) is 0 Å². The van der Waals surface area contributed by atoms with Crippen molar-refractivity contribution in [1.82, 2.24) is 4.90 Å². The number of alkyl halides is 3. The van der Waals surface area contributed by atoms with Crippen LogP contribution in [0.25, 0.3) is 0 Å². The van der Waals surface area contributed by atoms with Crippen LogP contribution in [0.2, 0.25) is 0 Å². The molecule has 0 radical (unpaired) electrons. The molecule has 1 aliphatic heterocycles. The molecule has 0 spiro atoms. The number of para-hydroxylation sites is 1. The molecule has 3 N–H and O–H groups in total. The Morgan fingerprint density at radius 1 is 1.45 bits per heavy atom. The lowest BCUT2D eigenvalue weighted by Gasteiger charge is -2.24. The molecule has 1 aromatic rings. The summed E-state index contributed by atoms with van der Waals surface area (Å²) in [5, 5.41) is 9.18. The molecule has 1 aromatic carbocycles. The molecule has 1 aliphatic rings. The summed E-state index contributed by atoms with van der Waals surface area (Å²) in [5.74, 6) is -0.565. The van der Waals surface area contributed by atoms with Gasteiger partial charge in [0.25, 0.3) is 5.91 Å². The van der Waals surface area contributed by atoms with Gasteiger partial charge in [0.05, 0.1) is 29.5 Å². The summed E-state index contributed by atoms with van der Waals surface area (Å²) >= 11 is 0. The molecule has 0 aliphatic carbocycles. The predicted molar refractivity (Wildman–Crippen MR) is 67.0 cm³/mol. The molecule has 0 bridgehead atoms. The number of anilines is 1. The maximum absolute atomic E-state index is 12.8. The van der Waals surface area contributed by atoms with E-state index in [1.807, 2.05) is 0 Å². The molecule has 1 amide bonds. The molecule has 4 nitrogen and oxygen atoms in total. The number of carbonyl (C=O) groups excluding carboxylic acids is 1. The number of nitrogen functional groups attached to an aromatic ring is 1. The van der Waals surface area contributed by atoms with E-state index in [0.717, 1.165) is 18.6 Å². The molecular weight excluding hydrogens is 273 g/mol. The Balaban J connectivity index is 2.36. The number of likely N-dealkylation sites (tertiary alicyclic amines) is 1. The highest BCUT2D eigenvalue weighted by atomic mass is 19.4. The van der Waals surface area contributed by atoms with E-state index in [1.165, 1.54) is 11.0 Å². The van der Waals surface area contributed by atoms with E-state index in [4.69, 9.17) is 5.73 Å². The van der Waals surface area contributed by atoms with Crippen molar-refractivity contribution < 1.29 is 23.1 Å². The molecule has 1 saturated heterocycles. The first-order valence-corrected chi connectivity index (χ1v) is 6.23. The smallest absolute Gasteiger partial charge is 0.398 e. The Hall–Kier alpha value is -1.76. The third-order valence-electron chi connectivity index (χ3n) is 3.49. The van der Waals surface area contributed by atoms with Crippen LogP contribution in [0, 0.1) is 0 Å². The van der Waals surface area contributed by atoms with Gasteiger partial charge in [0.1, 0.15) is 0 Å². The summed E-state index contributed by atoms with van der Waals surface area (Å²) in [6.07, 6.45) is -3.24. The lowest BCUT2D eigenvalue weighted by atomic mass is 10.1. The lowest BCUT2D eigenvalue weighted by Crippen LogP contribution is -2.38. The van der Waals surface area contributed by atoms with E-state index in [0.29, 0.717) is 13.0 Å². The topological polar surface area (TPSA) is 66.6 Å². The Labute approximate surface area is 114 Å². The second-order valence-electron chi connectivity index (χ2n) is 4.74. The highest BCUT2D eigenvalue weighted by Crippen LogP contribution is 2.35. The van der Waals surface area contributed by atoms with E-state index in [1.54, 1.807) is 0 Å². The number of carbonyl (C=O) groups is 1. The minimum Gasteiger partial charge on any atom is -0.398 e. The van der Waals surface area contributed by atoms with E-state index in [2.05, 4.69) is 0 Å². The first-order chi connectivity index (χ1) is 9.36. The molecule has 1 unspecified atom stereocenters. The van der Waals surface area contributed by atoms with Gasteiger partial charge < -0.3 is 15.7 Å². The van der Waals surface area contributed by atoms with Crippen molar-refractivity contribution in [1.29, 1.82) is 0 Å². The van der Waals surface area contributed by atoms with Crippen molar-refractivity contribution in [3.63, 3.8) is 0 Å². The number of nitrogens with zero attached hydrogens (tertiary/aromatic N) is 1. The summed E-state index contributed by atoms with van der Waals surface area (Å²) in [7, 11) is 0. The number of aliphatic hydroxyl groups is 1. The molecule has 0 saturated carbocycles. The average molecular weight is 288 g/mol. The SMILES string of the molecule is Nc1c(C(=O)N2CCCC2CO)cccc1C(F)(F)F. The Morgan fingerprint density at radius 3 is 2.75 bits per heavy atom. The number of amides is 1. The van der Waals surface area contributed by atoms with Crippen molar-refractivity contribution in [2.75, 3.05) is 18.9 Å². The maximum Gasteiger partial charge on any atom is 0.418 e. The molecule has 1 fully saturated rings. The van der Waals surface area contributed by atoms with Gasteiger partial charge in [0.2, 0.25) is 0 Å². The van der Waals surface area contributed by atoms with Gasteiger partial charge in [0, 0.05) is 6.54 Å². The number of hydrogen-bond donors (Lipinski definition) is 2. The monoisotopic (exact) mass is 288 g/mol. The fourth-order valence-corrected chi connectivity index (χ4v) is 2.45. The minimum absolute atomic E-state index is 0.167. The number of rotatable bonds is 2. The standard InChI is InChI=1S/C13H15F3N2O2/c14-13(15,16)10-5-1-4-9(11(10)17)12(20)18-6-2-3-8(18)7-19/h1,4-5,8,19H,2-3,6-7,17H2. The minimum atomic E-state index is -4.60. The van der Waals surface area contributed by atoms with Gasteiger partial charge in [-0.1, -0.05) is 6.07 Å². The first kappa shape index (κ1) is 14.6. The maximum atomic E-state index is 12.8. The van der Waals surface area contributed by atoms with Gasteiger partial charge in [-0.2, -0.15) is 13.2 Å². The number of hydrogen-bond acceptors (Lipinski definition) is 3. The zero-order valence-corrected chi connectivity index (χ0v) is 10.7. The van der Waals surface area contributed by atoms with Crippen molar-refractivity contribution in [2.45, 2.75) is 25.1 Å². The Kier molecular flexibility index (Phi) is 3.89. The van der Waals surface area contributed by atoms with E-state index < -0.39 is 23.3 Å². The summed E-state index contributed by atoms with van der Waals surface area (Å²) in [4.78, 5) is 13.7. The molecule has 1 heterocycles. The highest BCUT2D eigenvalue weighted by Gasteiger charge is 2.36. The quantitative estimate of drug-likeness (QED) is 0.817. The van der Waals surface area contributed by atoms with Crippen LogP contribution in [-0.2, 0) is 6.18 Å². The van der Waals surface area contributed by atoms with Crippen LogP contribution in [0.1, 0.15) is 28.8 Å². The molecule has 0 aromatic heterocycles. The lowest BCUT2D eigenvalue weighted by molar-refractivity contribution is -0.136. The van der Waals surface area contributed by atoms with Gasteiger partial charge >= 0.3 is 6.18 Å². The fourth-order valence-electron chi connectivity index (χ4n) is 2.45. The zero-order valence-electron chi connectivity index (χ0n) is 10.7. The molecule has 2 rings (SSSR count). The number of nitrogens with two attached hydrogens (primary N) is 1. The van der Waals surface area contributed by atoms with Crippen molar-refractivity contribution in [3.8, 4) is 0 Å². The highest BCUT2D eigenvalue weighted by molar-refractivity contribution is 6.00. The van der Waals surface area contributed by atoms with Gasteiger partial charge in [-0.15, -0.1) is 0 Å². The van der Waals surface area contributed by atoms with Crippen LogP contribution in [0.3, 0.4) is 0 Å². The molecule has 7 heteroatoms. The van der Waals surface area contributed by atoms with Crippen molar-refractivity contribution >= 4 is 11.6 Å². The molecule has 20 heavy (non-hydrogen) atoms. The first-order valence-electron chi connectivity index (χ1n) is 6.23. The summed E-state index contributed by atoms with van der Waals surface area (Å²) in [5.41, 5.74) is 3.76. The molecule has 1 atom stereocenters. The van der Waals surface area contributed by atoms with Crippen LogP contribution in [-0.4, -0.2) is 35.1 Å². The van der Waals surface area contributed by atoms with Gasteiger partial charge in [0.15, 0.2) is 0 Å². The van der Waals surface area contributed by atoms with Crippen LogP contribution in [0.15, 0.2) is 18.2 Å². The summed E-state index contributed by atoms with van der Waals surface area (Å²) < 4.78 is 38.3. The van der Waals surface area contributed by atoms with Crippen LogP contribution < -0.4 is 5.73 Å². The van der Waals surface area contributed by atoms with Crippen molar-refractivity contribution in [2.24, 2.45) is 0 Å². The van der Waals surface area contributed by atoms with Crippen LogP contribution in [0.5, 0.6) is 0 Å². The summed E-state index contributed by atoms with van der Waals surface area (Å²) in [6.45, 7) is 0.213. The predicted octanol–water partition coefficient (Wildman–Crippen LogP) is 1.88. The Bertz CT molecular complexity index is 517. The number of benzene rings is 1. The third-order valence-corrected chi connectivity index (χ3v) is 3.49. The normalized spacial score (nSPS) is 19.4. The fraction of sp³-hybridized carbons (Fsp3) is 0.462. The van der Waals surface area contributed by atoms with E-state index in [-0.39, 0.29) is 18.2 Å². The van der Waals surface area contributed by atoms with Crippen LogP contribution in [0.4, 0.5) is 18.9 Å². The van der Waals surface area contributed by atoms with Gasteiger partial charge in [-0.05, 0) is 25.0 Å². The number of aliphatic hydroxyl groups excluding tert-OH is 1. The van der Waals surface area contributed by atoms with Crippen molar-refractivity contribution in [3.05, 3.63) is 29.3 Å². The summed E-state index contributed by atoms with van der Waals surface area (Å²) in [6, 6.07) is 2.94. The largest absolute Gasteiger partial charge is 0.418 e. The zero-order chi connectivity index (χ0) is 14.9. The molecular formula is C13H15F3N2O2.